The average molecular weight is 627 g/mol. The summed E-state index contributed by atoms with van der Waals surface area (Å²) in [4.78, 5) is 33.3. The Balaban J connectivity index is 1.43. The van der Waals surface area contributed by atoms with Crippen molar-refractivity contribution in [1.29, 1.82) is 0 Å². The number of aryl methyl sites for hydroxylation is 3. The second-order valence-corrected chi connectivity index (χ2v) is 11.6. The molecule has 0 bridgehead atoms. The van der Waals surface area contributed by atoms with E-state index in [1.165, 1.54) is 11.8 Å². The number of benzene rings is 4. The Morgan fingerprint density at radius 3 is 2.34 bits per heavy atom. The second-order valence-electron chi connectivity index (χ2n) is 9.71. The molecule has 0 aromatic heterocycles. The molecular formula is C33H28BrN3O3S. The molecular weight excluding hydrogens is 598 g/mol. The van der Waals surface area contributed by atoms with E-state index in [0.29, 0.717) is 27.1 Å². The Hall–Kier alpha value is -4.14. The van der Waals surface area contributed by atoms with E-state index in [2.05, 4.69) is 21.2 Å². The summed E-state index contributed by atoms with van der Waals surface area (Å²) in [5, 5.41) is 3.41. The minimum Gasteiger partial charge on any atom is -0.483 e. The molecule has 206 valence electrons. The van der Waals surface area contributed by atoms with Gasteiger partial charge in [0.05, 0.1) is 16.3 Å². The van der Waals surface area contributed by atoms with E-state index in [-0.39, 0.29) is 18.4 Å². The number of anilines is 2. The van der Waals surface area contributed by atoms with Crippen LogP contribution >= 0.6 is 27.7 Å². The summed E-state index contributed by atoms with van der Waals surface area (Å²) in [6.07, 6.45) is 1.78. The molecule has 1 aliphatic rings. The summed E-state index contributed by atoms with van der Waals surface area (Å²) in [7, 11) is 0. The Labute approximate surface area is 252 Å². The number of aliphatic imine (C=N–C) groups is 1. The van der Waals surface area contributed by atoms with Gasteiger partial charge in [-0.3, -0.25) is 14.5 Å². The van der Waals surface area contributed by atoms with Crippen molar-refractivity contribution in [2.75, 3.05) is 16.8 Å². The maximum absolute atomic E-state index is 13.8. The van der Waals surface area contributed by atoms with Gasteiger partial charge in [-0.25, -0.2) is 4.99 Å². The number of amides is 2. The van der Waals surface area contributed by atoms with Crippen LogP contribution in [0.5, 0.6) is 5.75 Å². The van der Waals surface area contributed by atoms with Gasteiger partial charge in [0.2, 0.25) is 0 Å². The van der Waals surface area contributed by atoms with Crippen molar-refractivity contribution in [2.24, 2.45) is 4.99 Å². The summed E-state index contributed by atoms with van der Waals surface area (Å²) in [5.74, 6) is 0.0219. The predicted molar refractivity (Wildman–Crippen MR) is 172 cm³/mol. The average Bonchev–Trinajstić information content (AvgIpc) is 3.24. The van der Waals surface area contributed by atoms with Crippen molar-refractivity contribution < 1.29 is 14.3 Å². The van der Waals surface area contributed by atoms with E-state index in [0.717, 1.165) is 32.5 Å². The van der Waals surface area contributed by atoms with Gasteiger partial charge in [-0.15, -0.1) is 0 Å². The lowest BCUT2D eigenvalue weighted by atomic mass is 10.1. The number of hydrogen-bond acceptors (Lipinski definition) is 5. The number of hydrogen-bond donors (Lipinski definition) is 1. The second kappa shape index (κ2) is 12.6. The van der Waals surface area contributed by atoms with Crippen LogP contribution in [0, 0.1) is 20.8 Å². The van der Waals surface area contributed by atoms with Crippen molar-refractivity contribution in [3.8, 4) is 5.75 Å². The first-order valence-electron chi connectivity index (χ1n) is 13.0. The third-order valence-corrected chi connectivity index (χ3v) is 7.74. The Bertz CT molecular complexity index is 1660. The zero-order chi connectivity index (χ0) is 28.9. The molecule has 1 fully saturated rings. The van der Waals surface area contributed by atoms with Gasteiger partial charge in [0, 0.05) is 15.7 Å². The molecule has 4 aromatic carbocycles. The van der Waals surface area contributed by atoms with Crippen LogP contribution in [0.3, 0.4) is 0 Å². The summed E-state index contributed by atoms with van der Waals surface area (Å²) in [6, 6.07) is 28.7. The third kappa shape index (κ3) is 7.14. The van der Waals surface area contributed by atoms with E-state index < -0.39 is 0 Å². The number of ether oxygens (including phenoxy) is 1. The molecule has 0 spiro atoms. The fourth-order valence-electron chi connectivity index (χ4n) is 4.17. The lowest BCUT2D eigenvalue weighted by Gasteiger charge is -2.16. The lowest BCUT2D eigenvalue weighted by molar-refractivity contribution is -0.118. The number of amidine groups is 1. The number of nitrogens with zero attached hydrogens (tertiary/aromatic N) is 2. The highest BCUT2D eigenvalue weighted by atomic mass is 79.9. The molecule has 0 saturated carbocycles. The van der Waals surface area contributed by atoms with Gasteiger partial charge in [-0.2, -0.15) is 0 Å². The van der Waals surface area contributed by atoms with Gasteiger partial charge < -0.3 is 10.1 Å². The maximum Gasteiger partial charge on any atom is 0.271 e. The van der Waals surface area contributed by atoms with Crippen LogP contribution in [0.25, 0.3) is 6.08 Å². The van der Waals surface area contributed by atoms with E-state index >= 15 is 0 Å². The van der Waals surface area contributed by atoms with Crippen LogP contribution in [0.4, 0.5) is 17.1 Å². The minimum atomic E-state index is -0.276. The number of rotatable bonds is 7. The molecule has 0 unspecified atom stereocenters. The van der Waals surface area contributed by atoms with Gasteiger partial charge in [-0.1, -0.05) is 63.5 Å². The molecule has 0 atom stereocenters. The highest BCUT2D eigenvalue weighted by molar-refractivity contribution is 9.10. The molecule has 8 heteroatoms. The standard InChI is InChI=1S/C33H28BrN3O3S/c1-21-7-12-26(13-8-21)36-33-37(28-14-9-22(2)10-15-28)32(39)30(41-33)19-24-18-25(34)11-16-29(24)40-20-31(38)35-27-6-4-5-23(3)17-27/h4-19H,20H2,1-3H3,(H,35,38)/b30-19-,36-33?. The van der Waals surface area contributed by atoms with E-state index in [1.807, 2.05) is 106 Å². The number of nitrogens with one attached hydrogen (secondary N) is 1. The quantitative estimate of drug-likeness (QED) is 0.210. The van der Waals surface area contributed by atoms with Crippen molar-refractivity contribution in [2.45, 2.75) is 20.8 Å². The Morgan fingerprint density at radius 2 is 1.63 bits per heavy atom. The minimum absolute atomic E-state index is 0.178. The molecule has 0 radical (unpaired) electrons. The van der Waals surface area contributed by atoms with Gasteiger partial charge in [-0.05, 0) is 98.8 Å². The normalized spacial score (nSPS) is 15.0. The van der Waals surface area contributed by atoms with Crippen LogP contribution in [-0.2, 0) is 9.59 Å². The largest absolute Gasteiger partial charge is 0.483 e. The van der Waals surface area contributed by atoms with E-state index in [9.17, 15) is 9.59 Å². The number of thioether (sulfide) groups is 1. The SMILES string of the molecule is Cc1ccc(N=C2S/C(=C\c3cc(Br)ccc3OCC(=O)Nc3cccc(C)c3)C(=O)N2c2ccc(C)cc2)cc1. The van der Waals surface area contributed by atoms with Crippen LogP contribution in [0.1, 0.15) is 22.3 Å². The summed E-state index contributed by atoms with van der Waals surface area (Å²) < 4.78 is 6.74. The number of carbonyl (C=O) groups excluding carboxylic acids is 2. The fraction of sp³-hybridized carbons (Fsp3) is 0.121. The molecule has 4 aromatic rings. The number of halogens is 1. The number of carbonyl (C=O) groups is 2. The van der Waals surface area contributed by atoms with Crippen molar-refractivity contribution in [3.63, 3.8) is 0 Å². The molecule has 1 heterocycles. The predicted octanol–water partition coefficient (Wildman–Crippen LogP) is 8.20. The fourth-order valence-corrected chi connectivity index (χ4v) is 5.54. The highest BCUT2D eigenvalue weighted by Gasteiger charge is 2.35. The summed E-state index contributed by atoms with van der Waals surface area (Å²) in [5.41, 5.74) is 6.16. The van der Waals surface area contributed by atoms with Gasteiger partial charge in [0.25, 0.3) is 11.8 Å². The van der Waals surface area contributed by atoms with E-state index in [4.69, 9.17) is 9.73 Å². The van der Waals surface area contributed by atoms with E-state index in [1.54, 1.807) is 17.0 Å². The topological polar surface area (TPSA) is 71.0 Å². The smallest absolute Gasteiger partial charge is 0.271 e. The summed E-state index contributed by atoms with van der Waals surface area (Å²) >= 11 is 4.82. The van der Waals surface area contributed by atoms with Gasteiger partial charge >= 0.3 is 0 Å². The van der Waals surface area contributed by atoms with Crippen molar-refractivity contribution in [1.82, 2.24) is 0 Å². The van der Waals surface area contributed by atoms with Crippen molar-refractivity contribution in [3.05, 3.63) is 123 Å². The first-order chi connectivity index (χ1) is 19.7. The molecule has 1 N–H and O–H groups in total. The zero-order valence-electron chi connectivity index (χ0n) is 22.9. The van der Waals surface area contributed by atoms with Crippen LogP contribution in [-0.4, -0.2) is 23.6 Å². The first-order valence-corrected chi connectivity index (χ1v) is 14.6. The first kappa shape index (κ1) is 28.4. The maximum atomic E-state index is 13.8. The van der Waals surface area contributed by atoms with Crippen LogP contribution in [0.2, 0.25) is 0 Å². The monoisotopic (exact) mass is 625 g/mol. The van der Waals surface area contributed by atoms with Gasteiger partial charge in [0.15, 0.2) is 11.8 Å². The Morgan fingerprint density at radius 1 is 0.927 bits per heavy atom. The van der Waals surface area contributed by atoms with Crippen molar-refractivity contribution >= 4 is 67.8 Å². The summed E-state index contributed by atoms with van der Waals surface area (Å²) in [6.45, 7) is 5.82. The highest BCUT2D eigenvalue weighted by Crippen LogP contribution is 2.39. The molecule has 1 aliphatic heterocycles. The molecule has 6 nitrogen and oxygen atoms in total. The van der Waals surface area contributed by atoms with Crippen LogP contribution in [0.15, 0.2) is 105 Å². The van der Waals surface area contributed by atoms with Gasteiger partial charge in [0.1, 0.15) is 5.75 Å². The zero-order valence-corrected chi connectivity index (χ0v) is 25.3. The molecule has 5 rings (SSSR count). The van der Waals surface area contributed by atoms with Crippen LogP contribution < -0.4 is 15.0 Å². The molecule has 1 saturated heterocycles. The Kier molecular flexibility index (Phi) is 8.71. The molecule has 0 aliphatic carbocycles. The lowest BCUT2D eigenvalue weighted by Crippen LogP contribution is -2.28. The third-order valence-electron chi connectivity index (χ3n) is 6.28. The molecule has 2 amide bonds. The molecule has 41 heavy (non-hydrogen) atoms.